The first-order valence-electron chi connectivity index (χ1n) is 11.2. The number of anilines is 1. The molecule has 1 aromatic heterocycles. The molecule has 10 heteroatoms. The van der Waals surface area contributed by atoms with Crippen molar-refractivity contribution in [1.82, 2.24) is 5.32 Å². The van der Waals surface area contributed by atoms with Crippen molar-refractivity contribution < 1.29 is 14.0 Å². The van der Waals surface area contributed by atoms with Crippen LogP contribution in [0.1, 0.15) is 34.3 Å². The molecule has 3 rings (SSSR count). The topological polar surface area (TPSA) is 193 Å². The molecular formula is C25H30N6O4. The molecule has 184 valence electrons. The largest absolute Gasteiger partial charge is 0.421 e. The van der Waals surface area contributed by atoms with Crippen LogP contribution in [0.2, 0.25) is 0 Å². The Morgan fingerprint density at radius 2 is 1.83 bits per heavy atom. The maximum absolute atomic E-state index is 13.4. The molecule has 0 unspecified atom stereocenters. The molecule has 0 spiro atoms. The molecule has 0 aliphatic rings. The summed E-state index contributed by atoms with van der Waals surface area (Å²) in [7, 11) is 0. The summed E-state index contributed by atoms with van der Waals surface area (Å²) in [6.07, 6.45) is 1.05. The number of fused-ring (bicyclic) bond motifs is 1. The highest BCUT2D eigenvalue weighted by Crippen LogP contribution is 2.23. The van der Waals surface area contributed by atoms with Crippen LogP contribution in [0.3, 0.4) is 0 Å². The van der Waals surface area contributed by atoms with Crippen LogP contribution < -0.4 is 33.9 Å². The third kappa shape index (κ3) is 6.45. The fraction of sp³-hybridized carbons (Fsp3) is 0.280. The molecule has 0 bridgehead atoms. The average Bonchev–Trinajstić information content (AvgIpc) is 2.84. The average molecular weight is 479 g/mol. The van der Waals surface area contributed by atoms with E-state index in [1.807, 2.05) is 30.3 Å². The number of benzene rings is 2. The highest BCUT2D eigenvalue weighted by molar-refractivity contribution is 6.04. The van der Waals surface area contributed by atoms with Gasteiger partial charge in [-0.3, -0.25) is 14.6 Å². The maximum Gasteiger partial charge on any atom is 0.359 e. The van der Waals surface area contributed by atoms with Gasteiger partial charge in [0, 0.05) is 17.5 Å². The van der Waals surface area contributed by atoms with Crippen molar-refractivity contribution >= 4 is 34.3 Å². The Morgan fingerprint density at radius 1 is 1.11 bits per heavy atom. The Morgan fingerprint density at radius 3 is 2.51 bits per heavy atom. The van der Waals surface area contributed by atoms with Gasteiger partial charge in [-0.1, -0.05) is 42.5 Å². The standard InChI is InChI=1S/C25H30N6O4/c1-14-17-10-9-16(13-20(17)35-24(34)21(14)27)22(32)19(8-5-11-30-25(28)29)31-23(33)18(26)12-15-6-3-2-4-7-15/h2-4,6-7,9-10,13,18-19H,5,8,11-12,26-27H2,1H3,(H,31,33)(H4,28,29,30)/t18-,19-/m0/s1. The number of rotatable bonds is 10. The van der Waals surface area contributed by atoms with Gasteiger partial charge in [0.25, 0.3) is 0 Å². The summed E-state index contributed by atoms with van der Waals surface area (Å²) in [4.78, 5) is 42.1. The van der Waals surface area contributed by atoms with Crippen LogP contribution in [0.5, 0.6) is 0 Å². The molecule has 0 fully saturated rings. The van der Waals surface area contributed by atoms with E-state index in [2.05, 4.69) is 10.3 Å². The summed E-state index contributed by atoms with van der Waals surface area (Å²) in [5.41, 5.74) is 24.0. The van der Waals surface area contributed by atoms with E-state index in [4.69, 9.17) is 27.4 Å². The molecule has 2 aromatic carbocycles. The van der Waals surface area contributed by atoms with Crippen LogP contribution in [0.25, 0.3) is 11.0 Å². The molecule has 35 heavy (non-hydrogen) atoms. The van der Waals surface area contributed by atoms with Gasteiger partial charge < -0.3 is 32.7 Å². The highest BCUT2D eigenvalue weighted by atomic mass is 16.4. The molecule has 0 aliphatic carbocycles. The van der Waals surface area contributed by atoms with Crippen molar-refractivity contribution in [3.05, 3.63) is 75.6 Å². The number of ketones is 1. The first-order chi connectivity index (χ1) is 16.7. The fourth-order valence-corrected chi connectivity index (χ4v) is 3.74. The number of carbonyl (C=O) groups excluding carboxylic acids is 2. The zero-order valence-electron chi connectivity index (χ0n) is 19.5. The Balaban J connectivity index is 1.82. The number of hydrogen-bond acceptors (Lipinski definition) is 7. The van der Waals surface area contributed by atoms with Gasteiger partial charge in [0.1, 0.15) is 11.3 Å². The van der Waals surface area contributed by atoms with Crippen molar-refractivity contribution in [1.29, 1.82) is 0 Å². The number of carbonyl (C=O) groups is 2. The molecule has 9 N–H and O–H groups in total. The first kappa shape index (κ1) is 25.4. The summed E-state index contributed by atoms with van der Waals surface area (Å²) in [6, 6.07) is 12.4. The lowest BCUT2D eigenvalue weighted by atomic mass is 9.97. The predicted octanol–water partition coefficient (Wildman–Crippen LogP) is 0.975. The van der Waals surface area contributed by atoms with E-state index in [0.717, 1.165) is 5.56 Å². The zero-order chi connectivity index (χ0) is 25.5. The molecule has 1 amide bonds. The van der Waals surface area contributed by atoms with Gasteiger partial charge in [0.05, 0.1) is 12.1 Å². The molecule has 0 aliphatic heterocycles. The molecule has 0 radical (unpaired) electrons. The molecule has 0 saturated carbocycles. The summed E-state index contributed by atoms with van der Waals surface area (Å²) >= 11 is 0. The minimum Gasteiger partial charge on any atom is -0.421 e. The van der Waals surface area contributed by atoms with Crippen molar-refractivity contribution in [3.63, 3.8) is 0 Å². The van der Waals surface area contributed by atoms with Gasteiger partial charge in [-0.05, 0) is 43.4 Å². The second-order valence-corrected chi connectivity index (χ2v) is 8.31. The second kappa shape index (κ2) is 11.3. The summed E-state index contributed by atoms with van der Waals surface area (Å²) < 4.78 is 5.27. The fourth-order valence-electron chi connectivity index (χ4n) is 3.74. The highest BCUT2D eigenvalue weighted by Gasteiger charge is 2.25. The third-order valence-electron chi connectivity index (χ3n) is 5.71. The summed E-state index contributed by atoms with van der Waals surface area (Å²) in [5.74, 6) is -0.861. The van der Waals surface area contributed by atoms with Gasteiger partial charge in [0.2, 0.25) is 5.91 Å². The van der Waals surface area contributed by atoms with E-state index in [0.29, 0.717) is 30.3 Å². The molecule has 2 atom stereocenters. The number of Topliss-reactive ketones (excluding diaryl/α,β-unsaturated/α-hetero) is 1. The van der Waals surface area contributed by atoms with Crippen LogP contribution >= 0.6 is 0 Å². The lowest BCUT2D eigenvalue weighted by Gasteiger charge is -2.20. The number of aryl methyl sites for hydroxylation is 1. The van der Waals surface area contributed by atoms with Crippen LogP contribution in [0.15, 0.2) is 62.7 Å². The Kier molecular flexibility index (Phi) is 8.21. The number of guanidine groups is 1. The quantitative estimate of drug-likeness (QED) is 0.0935. The smallest absolute Gasteiger partial charge is 0.359 e. The lowest BCUT2D eigenvalue weighted by molar-refractivity contribution is -0.122. The van der Waals surface area contributed by atoms with Gasteiger partial charge in [-0.25, -0.2) is 4.79 Å². The number of nitrogen functional groups attached to an aromatic ring is 1. The molecular weight excluding hydrogens is 448 g/mol. The Bertz CT molecular complexity index is 1300. The van der Waals surface area contributed by atoms with Crippen molar-refractivity contribution in [2.75, 3.05) is 12.3 Å². The predicted molar refractivity (Wildman–Crippen MR) is 136 cm³/mol. The number of nitrogens with one attached hydrogen (secondary N) is 1. The Labute approximate surface area is 202 Å². The number of hydrogen-bond donors (Lipinski definition) is 5. The first-order valence-corrected chi connectivity index (χ1v) is 11.2. The number of nitrogens with two attached hydrogens (primary N) is 4. The van der Waals surface area contributed by atoms with E-state index in [1.165, 1.54) is 6.07 Å². The summed E-state index contributed by atoms with van der Waals surface area (Å²) in [6.45, 7) is 2.00. The van der Waals surface area contributed by atoms with Crippen molar-refractivity contribution in [3.8, 4) is 0 Å². The van der Waals surface area contributed by atoms with Crippen molar-refractivity contribution in [2.45, 2.75) is 38.3 Å². The van der Waals surface area contributed by atoms with E-state index in [1.54, 1.807) is 19.1 Å². The minimum absolute atomic E-state index is 0.0221. The maximum atomic E-state index is 13.4. The van der Waals surface area contributed by atoms with Crippen molar-refractivity contribution in [2.24, 2.45) is 22.2 Å². The lowest BCUT2D eigenvalue weighted by Crippen LogP contribution is -2.49. The zero-order valence-corrected chi connectivity index (χ0v) is 19.5. The molecule has 3 aromatic rings. The van der Waals surface area contributed by atoms with Crippen LogP contribution in [-0.2, 0) is 11.2 Å². The second-order valence-electron chi connectivity index (χ2n) is 8.31. The van der Waals surface area contributed by atoms with Gasteiger partial charge in [-0.2, -0.15) is 0 Å². The Hall–Kier alpha value is -4.18. The summed E-state index contributed by atoms with van der Waals surface area (Å²) in [5, 5.41) is 3.39. The third-order valence-corrected chi connectivity index (χ3v) is 5.71. The molecule has 0 saturated heterocycles. The van der Waals surface area contributed by atoms with E-state index in [9.17, 15) is 14.4 Å². The van der Waals surface area contributed by atoms with Gasteiger partial charge >= 0.3 is 5.63 Å². The molecule has 10 nitrogen and oxygen atoms in total. The SMILES string of the molecule is Cc1c(N)c(=O)oc2cc(C(=O)[C@H](CCCN=C(N)N)NC(=O)[C@@H](N)Cc3ccccc3)ccc12. The van der Waals surface area contributed by atoms with E-state index < -0.39 is 23.6 Å². The van der Waals surface area contributed by atoms with Gasteiger partial charge in [0.15, 0.2) is 11.7 Å². The molecule has 1 heterocycles. The van der Waals surface area contributed by atoms with E-state index in [-0.39, 0.29) is 35.0 Å². The number of amides is 1. The van der Waals surface area contributed by atoms with Crippen LogP contribution in [0, 0.1) is 6.92 Å². The number of aliphatic imine (C=N–C) groups is 1. The number of nitrogens with zero attached hydrogens (tertiary/aromatic N) is 1. The van der Waals surface area contributed by atoms with Crippen LogP contribution in [-0.4, -0.2) is 36.3 Å². The normalized spacial score (nSPS) is 12.6. The van der Waals surface area contributed by atoms with Crippen LogP contribution in [0.4, 0.5) is 5.69 Å². The van der Waals surface area contributed by atoms with Gasteiger partial charge in [-0.15, -0.1) is 0 Å². The van der Waals surface area contributed by atoms with E-state index >= 15 is 0 Å². The monoisotopic (exact) mass is 478 g/mol. The minimum atomic E-state index is -0.877.